The largest absolute Gasteiger partial charge is 0.467 e. The molecule has 1 aromatic carbocycles. The average Bonchev–Trinajstić information content (AvgIpc) is 2.74. The number of methoxy groups -OCH3 is 1. The third kappa shape index (κ3) is 4.07. The second-order valence-corrected chi connectivity index (χ2v) is 7.55. The second kappa shape index (κ2) is 8.16. The minimum Gasteiger partial charge on any atom is -0.467 e. The molecule has 1 aliphatic rings. The van der Waals surface area contributed by atoms with Gasteiger partial charge in [-0.05, 0) is 38.1 Å². The first-order chi connectivity index (χ1) is 14.0. The van der Waals surface area contributed by atoms with Gasteiger partial charge in [-0.2, -0.15) is 4.98 Å². The first kappa shape index (κ1) is 19.3. The van der Waals surface area contributed by atoms with E-state index in [0.717, 1.165) is 49.6 Å². The van der Waals surface area contributed by atoms with Crippen LogP contribution in [0.1, 0.15) is 25.6 Å². The van der Waals surface area contributed by atoms with E-state index in [-0.39, 0.29) is 11.6 Å². The molecule has 152 valence electrons. The van der Waals surface area contributed by atoms with Crippen molar-refractivity contribution in [3.05, 3.63) is 52.8 Å². The van der Waals surface area contributed by atoms with Crippen LogP contribution in [0.2, 0.25) is 0 Å². The summed E-state index contributed by atoms with van der Waals surface area (Å²) in [5.41, 5.74) is 2.83. The van der Waals surface area contributed by atoms with Crippen LogP contribution >= 0.6 is 0 Å². The first-order valence-corrected chi connectivity index (χ1v) is 9.89. The Labute approximate surface area is 169 Å². The number of anilines is 1. The van der Waals surface area contributed by atoms with Crippen LogP contribution in [-0.4, -0.2) is 57.7 Å². The molecule has 0 unspecified atom stereocenters. The minimum absolute atomic E-state index is 0.0154. The molecule has 0 bridgehead atoms. The fourth-order valence-electron chi connectivity index (χ4n) is 3.64. The van der Waals surface area contributed by atoms with Crippen LogP contribution in [0.5, 0.6) is 6.01 Å². The average molecular weight is 394 g/mol. The molecule has 4 rings (SSSR count). The molecular formula is C21H26N6O2. The van der Waals surface area contributed by atoms with Crippen molar-refractivity contribution in [2.45, 2.75) is 26.4 Å². The van der Waals surface area contributed by atoms with Gasteiger partial charge in [-0.15, -0.1) is 0 Å². The first-order valence-electron chi connectivity index (χ1n) is 9.89. The quantitative estimate of drug-likeness (QED) is 0.656. The highest BCUT2D eigenvalue weighted by Gasteiger charge is 2.19. The van der Waals surface area contributed by atoms with Crippen LogP contribution in [0.4, 0.5) is 5.69 Å². The predicted octanol–water partition coefficient (Wildman–Crippen LogP) is 2.10. The van der Waals surface area contributed by atoms with E-state index in [2.05, 4.69) is 24.8 Å². The van der Waals surface area contributed by atoms with E-state index in [0.29, 0.717) is 11.4 Å². The molecule has 0 spiro atoms. The molecule has 0 amide bonds. The van der Waals surface area contributed by atoms with Gasteiger partial charge in [-0.25, -0.2) is 9.97 Å². The number of rotatable bonds is 5. The van der Waals surface area contributed by atoms with Crippen LogP contribution in [0.15, 0.2) is 41.6 Å². The Hall–Kier alpha value is -3.00. The second-order valence-electron chi connectivity index (χ2n) is 7.55. The van der Waals surface area contributed by atoms with Gasteiger partial charge < -0.3 is 9.64 Å². The summed E-state index contributed by atoms with van der Waals surface area (Å²) in [4.78, 5) is 30.3. The van der Waals surface area contributed by atoms with Gasteiger partial charge in [-0.1, -0.05) is 0 Å². The lowest BCUT2D eigenvalue weighted by Gasteiger charge is -2.36. The molecule has 3 aromatic rings. The van der Waals surface area contributed by atoms with Crippen molar-refractivity contribution in [1.29, 1.82) is 0 Å². The smallest absolute Gasteiger partial charge is 0.316 e. The number of aromatic nitrogens is 4. The van der Waals surface area contributed by atoms with Gasteiger partial charge in [0, 0.05) is 50.6 Å². The minimum atomic E-state index is 0.0154. The Bertz CT molecular complexity index is 1060. The zero-order valence-corrected chi connectivity index (χ0v) is 17.1. The molecule has 29 heavy (non-hydrogen) atoms. The number of hydrogen-bond donors (Lipinski definition) is 0. The SMILES string of the molecule is COc1nccc(CN2CCN(c3ccc4c(=O)n(C(C)C)cnc4c3)CC2)n1. The van der Waals surface area contributed by atoms with Gasteiger partial charge in [0.2, 0.25) is 0 Å². The molecule has 1 aliphatic heterocycles. The van der Waals surface area contributed by atoms with Crippen LogP contribution in [-0.2, 0) is 6.54 Å². The third-order valence-corrected chi connectivity index (χ3v) is 5.32. The molecule has 0 N–H and O–H groups in total. The lowest BCUT2D eigenvalue weighted by Crippen LogP contribution is -2.46. The highest BCUT2D eigenvalue weighted by atomic mass is 16.5. The summed E-state index contributed by atoms with van der Waals surface area (Å²) >= 11 is 0. The van der Waals surface area contributed by atoms with Crippen molar-refractivity contribution in [2.24, 2.45) is 0 Å². The zero-order chi connectivity index (χ0) is 20.4. The maximum absolute atomic E-state index is 12.6. The fourth-order valence-corrected chi connectivity index (χ4v) is 3.64. The summed E-state index contributed by atoms with van der Waals surface area (Å²) in [6.45, 7) is 8.45. The molecule has 8 nitrogen and oxygen atoms in total. The van der Waals surface area contributed by atoms with Crippen LogP contribution in [0.3, 0.4) is 0 Å². The van der Waals surface area contributed by atoms with Gasteiger partial charge in [0.15, 0.2) is 0 Å². The normalized spacial score (nSPS) is 15.2. The van der Waals surface area contributed by atoms with E-state index in [4.69, 9.17) is 4.74 Å². The lowest BCUT2D eigenvalue weighted by atomic mass is 10.2. The van der Waals surface area contributed by atoms with Crippen molar-refractivity contribution in [3.8, 4) is 6.01 Å². The monoisotopic (exact) mass is 394 g/mol. The predicted molar refractivity (Wildman–Crippen MR) is 112 cm³/mol. The molecule has 1 fully saturated rings. The molecule has 0 aliphatic carbocycles. The number of nitrogens with zero attached hydrogens (tertiary/aromatic N) is 6. The van der Waals surface area contributed by atoms with Gasteiger partial charge >= 0.3 is 6.01 Å². The topological polar surface area (TPSA) is 76.4 Å². The van der Waals surface area contributed by atoms with Gasteiger partial charge in [0.25, 0.3) is 5.56 Å². The summed E-state index contributed by atoms with van der Waals surface area (Å²) in [6.07, 6.45) is 3.37. The van der Waals surface area contributed by atoms with E-state index < -0.39 is 0 Å². The summed E-state index contributed by atoms with van der Waals surface area (Å²) in [5, 5.41) is 0.668. The molecule has 1 saturated heterocycles. The van der Waals surface area contributed by atoms with E-state index >= 15 is 0 Å². The summed E-state index contributed by atoms with van der Waals surface area (Å²) in [6, 6.07) is 8.38. The van der Waals surface area contributed by atoms with Gasteiger partial charge in [0.1, 0.15) is 0 Å². The molecule has 0 atom stereocenters. The molecule has 3 heterocycles. The Balaban J connectivity index is 1.44. The maximum atomic E-state index is 12.6. The van der Waals surface area contributed by atoms with Crippen LogP contribution in [0, 0.1) is 0 Å². The van der Waals surface area contributed by atoms with Crippen molar-refractivity contribution in [3.63, 3.8) is 0 Å². The Morgan fingerprint density at radius 1 is 1.10 bits per heavy atom. The zero-order valence-electron chi connectivity index (χ0n) is 17.1. The van der Waals surface area contributed by atoms with Crippen molar-refractivity contribution in [1.82, 2.24) is 24.4 Å². The Morgan fingerprint density at radius 3 is 2.62 bits per heavy atom. The molecule has 0 saturated carbocycles. The van der Waals surface area contributed by atoms with E-state index in [1.165, 1.54) is 0 Å². The van der Waals surface area contributed by atoms with Crippen molar-refractivity contribution >= 4 is 16.6 Å². The summed E-state index contributed by atoms with van der Waals surface area (Å²) < 4.78 is 6.77. The number of ether oxygens (including phenoxy) is 1. The van der Waals surface area contributed by atoms with Crippen molar-refractivity contribution in [2.75, 3.05) is 38.2 Å². The Kier molecular flexibility index (Phi) is 5.44. The van der Waals surface area contributed by atoms with Crippen LogP contribution < -0.4 is 15.2 Å². The highest BCUT2D eigenvalue weighted by molar-refractivity contribution is 5.81. The van der Waals surface area contributed by atoms with E-state index in [1.54, 1.807) is 24.2 Å². The van der Waals surface area contributed by atoms with Gasteiger partial charge in [-0.3, -0.25) is 14.3 Å². The van der Waals surface area contributed by atoms with Gasteiger partial charge in [0.05, 0.1) is 30.0 Å². The van der Waals surface area contributed by atoms with E-state index in [1.807, 2.05) is 38.1 Å². The van der Waals surface area contributed by atoms with Crippen LogP contribution in [0.25, 0.3) is 10.9 Å². The number of hydrogen-bond acceptors (Lipinski definition) is 7. The van der Waals surface area contributed by atoms with Crippen molar-refractivity contribution < 1.29 is 4.74 Å². The number of piperazine rings is 1. The molecule has 8 heteroatoms. The fraction of sp³-hybridized carbons (Fsp3) is 0.429. The van der Waals surface area contributed by atoms with E-state index in [9.17, 15) is 4.79 Å². The maximum Gasteiger partial charge on any atom is 0.316 e. The third-order valence-electron chi connectivity index (χ3n) is 5.32. The molecule has 0 radical (unpaired) electrons. The number of fused-ring (bicyclic) bond motifs is 1. The lowest BCUT2D eigenvalue weighted by molar-refractivity contribution is 0.245. The molecule has 2 aromatic heterocycles. The Morgan fingerprint density at radius 2 is 1.90 bits per heavy atom. The summed E-state index contributed by atoms with van der Waals surface area (Å²) in [5.74, 6) is 0. The summed E-state index contributed by atoms with van der Waals surface area (Å²) in [7, 11) is 1.58. The molecular weight excluding hydrogens is 368 g/mol. The standard InChI is InChI=1S/C21H26N6O2/c1-15(2)27-14-23-19-12-17(4-5-18(19)20(27)28)26-10-8-25(9-11-26)13-16-6-7-22-21(24-16)29-3/h4-7,12,14-15H,8-11,13H2,1-3H3. The highest BCUT2D eigenvalue weighted by Crippen LogP contribution is 2.21. The number of benzene rings is 1.